The molecule has 9 heteroatoms. The summed E-state index contributed by atoms with van der Waals surface area (Å²) >= 11 is 1.70. The third-order valence-electron chi connectivity index (χ3n) is 3.18. The molecule has 1 aliphatic carbocycles. The lowest BCUT2D eigenvalue weighted by Gasteiger charge is -2.08. The normalized spacial score (nSPS) is 20.7. The fraction of sp³-hybridized carbons (Fsp3) is 0.583. The second-order valence-corrected chi connectivity index (χ2v) is 6.06. The third kappa shape index (κ3) is 4.62. The first-order chi connectivity index (χ1) is 9.70. The lowest BCUT2D eigenvalue weighted by molar-refractivity contribution is -0.122. The number of nitrogens with one attached hydrogen (secondary N) is 3. The van der Waals surface area contributed by atoms with Crippen LogP contribution in [-0.4, -0.2) is 45.3 Å². The summed E-state index contributed by atoms with van der Waals surface area (Å²) < 4.78 is 1.53. The van der Waals surface area contributed by atoms with Gasteiger partial charge >= 0.3 is 0 Å². The van der Waals surface area contributed by atoms with Gasteiger partial charge in [-0.15, -0.1) is 24.2 Å². The van der Waals surface area contributed by atoms with E-state index in [0.29, 0.717) is 11.7 Å². The summed E-state index contributed by atoms with van der Waals surface area (Å²) in [6.45, 7) is 0.184. The van der Waals surface area contributed by atoms with Crippen LogP contribution >= 0.6 is 24.2 Å². The van der Waals surface area contributed by atoms with Gasteiger partial charge in [0.15, 0.2) is 0 Å². The van der Waals surface area contributed by atoms with Crippen molar-refractivity contribution in [3.05, 3.63) is 12.4 Å². The van der Waals surface area contributed by atoms with Crippen molar-refractivity contribution < 1.29 is 9.59 Å². The Labute approximate surface area is 133 Å². The first-order valence-corrected chi connectivity index (χ1v) is 7.80. The van der Waals surface area contributed by atoms with Gasteiger partial charge in [0.2, 0.25) is 11.8 Å². The highest BCUT2D eigenvalue weighted by molar-refractivity contribution is 7.99. The van der Waals surface area contributed by atoms with Gasteiger partial charge in [-0.1, -0.05) is 0 Å². The number of thioether (sulfide) groups is 1. The van der Waals surface area contributed by atoms with Crippen LogP contribution in [0.2, 0.25) is 0 Å². The first-order valence-electron chi connectivity index (χ1n) is 6.64. The molecule has 2 amide bonds. The van der Waals surface area contributed by atoms with E-state index in [1.807, 2.05) is 0 Å². The summed E-state index contributed by atoms with van der Waals surface area (Å²) in [5.74, 6) is 1.49. The standard InChI is InChI=1S/C12H17N5O2S.ClH/c18-11(15-8-1-2-8)5-17-4-9(3-14-17)16-12(19)10-6-20-7-13-10;/h3-4,8,10,13H,1-2,5-7H2,(H,15,18)(H,16,19);1H. The van der Waals surface area contributed by atoms with E-state index in [1.165, 1.54) is 4.68 Å². The molecule has 21 heavy (non-hydrogen) atoms. The summed E-state index contributed by atoms with van der Waals surface area (Å²) in [4.78, 5) is 23.5. The Balaban J connectivity index is 0.00000161. The molecule has 1 aromatic heterocycles. The average molecular weight is 332 g/mol. The lowest BCUT2D eigenvalue weighted by Crippen LogP contribution is -2.37. The number of nitrogens with zero attached hydrogens (tertiary/aromatic N) is 2. The number of rotatable bonds is 5. The Bertz CT molecular complexity index is 514. The largest absolute Gasteiger partial charge is 0.352 e. The predicted octanol–water partition coefficient (Wildman–Crippen LogP) is 0.184. The molecule has 1 aliphatic heterocycles. The van der Waals surface area contributed by atoms with Crippen molar-refractivity contribution in [3.8, 4) is 0 Å². The molecule has 0 spiro atoms. The van der Waals surface area contributed by atoms with Crippen LogP contribution in [0.15, 0.2) is 12.4 Å². The summed E-state index contributed by atoms with van der Waals surface area (Å²) in [6, 6.07) is 0.199. The van der Waals surface area contributed by atoms with Crippen molar-refractivity contribution in [1.29, 1.82) is 0 Å². The molecule has 0 bridgehead atoms. The predicted molar refractivity (Wildman–Crippen MR) is 83.5 cm³/mol. The Morgan fingerprint density at radius 1 is 1.48 bits per heavy atom. The highest BCUT2D eigenvalue weighted by Crippen LogP contribution is 2.18. The van der Waals surface area contributed by atoms with Gasteiger partial charge in [-0.05, 0) is 12.8 Å². The topological polar surface area (TPSA) is 88.1 Å². The van der Waals surface area contributed by atoms with Crippen LogP contribution in [-0.2, 0) is 16.1 Å². The maximum absolute atomic E-state index is 11.9. The molecule has 3 rings (SSSR count). The molecular weight excluding hydrogens is 314 g/mol. The molecule has 2 aliphatic rings. The van der Waals surface area contributed by atoms with E-state index in [4.69, 9.17) is 0 Å². The molecule has 1 saturated heterocycles. The fourth-order valence-corrected chi connectivity index (χ4v) is 2.90. The van der Waals surface area contributed by atoms with Crippen LogP contribution in [0.5, 0.6) is 0 Å². The van der Waals surface area contributed by atoms with Crippen molar-refractivity contribution in [1.82, 2.24) is 20.4 Å². The number of carbonyl (C=O) groups is 2. The minimum atomic E-state index is -0.151. The number of hydrogen-bond acceptors (Lipinski definition) is 5. The van der Waals surface area contributed by atoms with Gasteiger partial charge in [0.25, 0.3) is 0 Å². The van der Waals surface area contributed by atoms with E-state index in [1.54, 1.807) is 24.2 Å². The van der Waals surface area contributed by atoms with Crippen LogP contribution in [0.25, 0.3) is 0 Å². The smallest absolute Gasteiger partial charge is 0.242 e. The van der Waals surface area contributed by atoms with Crippen molar-refractivity contribution in [3.63, 3.8) is 0 Å². The summed E-state index contributed by atoms with van der Waals surface area (Å²) in [6.07, 6.45) is 5.37. The highest BCUT2D eigenvalue weighted by Gasteiger charge is 2.24. The van der Waals surface area contributed by atoms with E-state index in [9.17, 15) is 9.59 Å². The quantitative estimate of drug-likeness (QED) is 0.716. The average Bonchev–Trinajstić information content (AvgIpc) is 2.93. The molecule has 2 fully saturated rings. The number of hydrogen-bond donors (Lipinski definition) is 3. The third-order valence-corrected chi connectivity index (χ3v) is 4.12. The van der Waals surface area contributed by atoms with Crippen LogP contribution < -0.4 is 16.0 Å². The molecule has 1 aromatic rings. The summed E-state index contributed by atoms with van der Waals surface area (Å²) in [5, 5.41) is 12.9. The molecule has 2 heterocycles. The van der Waals surface area contributed by atoms with E-state index < -0.39 is 0 Å². The molecule has 3 N–H and O–H groups in total. The fourth-order valence-electron chi connectivity index (χ4n) is 1.96. The maximum atomic E-state index is 11.9. The van der Waals surface area contributed by atoms with Crippen LogP contribution in [0.1, 0.15) is 12.8 Å². The molecular formula is C12H18ClN5O2S. The number of carbonyl (C=O) groups excluding carboxylic acids is 2. The second kappa shape index (κ2) is 7.15. The van der Waals surface area contributed by atoms with Crippen molar-refractivity contribution in [2.24, 2.45) is 0 Å². The van der Waals surface area contributed by atoms with Crippen LogP contribution in [0.4, 0.5) is 5.69 Å². The van der Waals surface area contributed by atoms with E-state index in [-0.39, 0.29) is 36.8 Å². The summed E-state index contributed by atoms with van der Waals surface area (Å²) in [5.41, 5.74) is 0.618. The second-order valence-electron chi connectivity index (χ2n) is 5.03. The zero-order valence-corrected chi connectivity index (χ0v) is 13.0. The molecule has 0 aromatic carbocycles. The first kappa shape index (κ1) is 16.1. The number of anilines is 1. The minimum absolute atomic E-state index is 0. The number of amides is 2. The Morgan fingerprint density at radius 2 is 2.29 bits per heavy atom. The molecule has 1 unspecified atom stereocenters. The lowest BCUT2D eigenvalue weighted by atomic mass is 10.3. The Morgan fingerprint density at radius 3 is 2.95 bits per heavy atom. The van der Waals surface area contributed by atoms with Gasteiger partial charge in [0.1, 0.15) is 6.54 Å². The SMILES string of the molecule is Cl.O=C(Cn1cc(NC(=O)C2CSCN2)cn1)NC1CC1. The van der Waals surface area contributed by atoms with Gasteiger partial charge in [-0.2, -0.15) is 5.10 Å². The Hall–Kier alpha value is -1.25. The van der Waals surface area contributed by atoms with Crippen LogP contribution in [0.3, 0.4) is 0 Å². The van der Waals surface area contributed by atoms with Crippen molar-refractivity contribution in [2.75, 3.05) is 16.9 Å². The van der Waals surface area contributed by atoms with Gasteiger partial charge in [-0.3, -0.25) is 19.6 Å². The summed E-state index contributed by atoms with van der Waals surface area (Å²) in [7, 11) is 0. The maximum Gasteiger partial charge on any atom is 0.242 e. The van der Waals surface area contributed by atoms with E-state index in [2.05, 4.69) is 21.0 Å². The number of aromatic nitrogens is 2. The molecule has 1 saturated carbocycles. The molecule has 0 radical (unpaired) electrons. The van der Waals surface area contributed by atoms with Gasteiger partial charge in [-0.25, -0.2) is 0 Å². The van der Waals surface area contributed by atoms with E-state index in [0.717, 1.165) is 24.5 Å². The zero-order valence-electron chi connectivity index (χ0n) is 11.4. The molecule has 116 valence electrons. The molecule has 1 atom stereocenters. The van der Waals surface area contributed by atoms with Crippen molar-refractivity contribution >= 4 is 41.7 Å². The van der Waals surface area contributed by atoms with Crippen LogP contribution in [0, 0.1) is 0 Å². The van der Waals surface area contributed by atoms with Gasteiger partial charge in [0, 0.05) is 23.9 Å². The Kier molecular flexibility index (Phi) is 5.49. The van der Waals surface area contributed by atoms with Crippen molar-refractivity contribution in [2.45, 2.75) is 31.5 Å². The van der Waals surface area contributed by atoms with E-state index >= 15 is 0 Å². The highest BCUT2D eigenvalue weighted by atomic mass is 35.5. The monoisotopic (exact) mass is 331 g/mol. The van der Waals surface area contributed by atoms with Gasteiger partial charge < -0.3 is 10.6 Å². The minimum Gasteiger partial charge on any atom is -0.352 e. The zero-order chi connectivity index (χ0) is 13.9. The molecule has 7 nitrogen and oxygen atoms in total. The number of halogens is 1. The van der Waals surface area contributed by atoms with Gasteiger partial charge in [0.05, 0.1) is 17.9 Å².